The predicted octanol–water partition coefficient (Wildman–Crippen LogP) is 6.77. The fraction of sp³-hybridized carbons (Fsp3) is 0.375. The van der Waals surface area contributed by atoms with E-state index in [0.717, 1.165) is 36.1 Å². The average Bonchev–Trinajstić information content (AvgIpc) is 3.24. The zero-order chi connectivity index (χ0) is 25.5. The number of methoxy groups -OCH3 is 1. The van der Waals surface area contributed by atoms with Gasteiger partial charge in [0, 0.05) is 29.5 Å². The molecule has 3 aliphatic rings. The maximum Gasteiger partial charge on any atom is 0.410 e. The minimum absolute atomic E-state index is 0.0494. The maximum absolute atomic E-state index is 13.5. The normalized spacial score (nSPS) is 22.2. The van der Waals surface area contributed by atoms with Gasteiger partial charge in [0.1, 0.15) is 12.4 Å². The number of amides is 1. The van der Waals surface area contributed by atoms with Gasteiger partial charge in [0.05, 0.1) is 7.11 Å². The smallest absolute Gasteiger partial charge is 0.410 e. The summed E-state index contributed by atoms with van der Waals surface area (Å²) in [6.07, 6.45) is 4.10. The highest BCUT2D eigenvalue weighted by Crippen LogP contribution is 2.45. The summed E-state index contributed by atoms with van der Waals surface area (Å²) < 4.78 is 11.3. The van der Waals surface area contributed by atoms with Crippen molar-refractivity contribution in [3.8, 4) is 16.9 Å². The number of hydrogen-bond acceptors (Lipinski definition) is 4. The molecule has 6 rings (SSSR count). The second-order valence-electron chi connectivity index (χ2n) is 10.7. The summed E-state index contributed by atoms with van der Waals surface area (Å²) in [5.41, 5.74) is 6.59. The fourth-order valence-corrected chi connectivity index (χ4v) is 6.82. The molecule has 1 amide bonds. The molecular formula is C32H33NO4. The highest BCUT2D eigenvalue weighted by molar-refractivity contribution is 5.99. The van der Waals surface area contributed by atoms with Crippen LogP contribution in [0.4, 0.5) is 4.79 Å². The summed E-state index contributed by atoms with van der Waals surface area (Å²) in [5, 5.41) is 0. The van der Waals surface area contributed by atoms with Crippen molar-refractivity contribution in [1.29, 1.82) is 0 Å². The molecule has 0 aromatic heterocycles. The first-order valence-electron chi connectivity index (χ1n) is 13.4. The highest BCUT2D eigenvalue weighted by Gasteiger charge is 2.44. The topological polar surface area (TPSA) is 55.8 Å². The lowest BCUT2D eigenvalue weighted by Gasteiger charge is -2.47. The zero-order valence-electron chi connectivity index (χ0n) is 21.5. The molecular weight excluding hydrogens is 462 g/mol. The summed E-state index contributed by atoms with van der Waals surface area (Å²) in [6.45, 7) is 2.29. The zero-order valence-corrected chi connectivity index (χ0v) is 21.5. The number of carbonyl (C=O) groups is 2. The van der Waals surface area contributed by atoms with E-state index in [0.29, 0.717) is 19.4 Å². The Kier molecular flexibility index (Phi) is 6.23. The summed E-state index contributed by atoms with van der Waals surface area (Å²) >= 11 is 0. The van der Waals surface area contributed by atoms with Gasteiger partial charge in [0.2, 0.25) is 0 Å². The Balaban J connectivity index is 1.16. The summed E-state index contributed by atoms with van der Waals surface area (Å²) in [6, 6.07) is 22.5. The highest BCUT2D eigenvalue weighted by atomic mass is 16.6. The van der Waals surface area contributed by atoms with E-state index in [1.165, 1.54) is 22.3 Å². The first-order chi connectivity index (χ1) is 18.0. The lowest BCUT2D eigenvalue weighted by atomic mass is 9.75. The van der Waals surface area contributed by atoms with Crippen molar-refractivity contribution in [2.24, 2.45) is 5.92 Å². The molecule has 190 valence electrons. The maximum atomic E-state index is 13.5. The van der Waals surface area contributed by atoms with E-state index < -0.39 is 0 Å². The molecule has 0 radical (unpaired) electrons. The van der Waals surface area contributed by atoms with Crippen molar-refractivity contribution in [3.05, 3.63) is 89.0 Å². The minimum Gasteiger partial charge on any atom is -0.497 e. The number of carbonyl (C=O) groups excluding carboxylic acids is 2. The van der Waals surface area contributed by atoms with Crippen molar-refractivity contribution in [2.75, 3.05) is 13.7 Å². The van der Waals surface area contributed by atoms with Crippen LogP contribution in [-0.4, -0.2) is 42.6 Å². The molecule has 2 heterocycles. The number of rotatable bonds is 5. The Morgan fingerprint density at radius 3 is 2.11 bits per heavy atom. The molecule has 3 aromatic carbocycles. The molecule has 0 spiro atoms. The second kappa shape index (κ2) is 9.70. The van der Waals surface area contributed by atoms with E-state index in [1.807, 2.05) is 30.0 Å². The van der Waals surface area contributed by atoms with Gasteiger partial charge in [-0.15, -0.1) is 0 Å². The minimum atomic E-state index is -0.233. The average molecular weight is 496 g/mol. The Morgan fingerprint density at radius 2 is 1.51 bits per heavy atom. The number of nitrogens with zero attached hydrogens (tertiary/aromatic N) is 1. The molecule has 2 aliphatic heterocycles. The van der Waals surface area contributed by atoms with Crippen LogP contribution in [-0.2, 0) is 4.74 Å². The lowest BCUT2D eigenvalue weighted by Crippen LogP contribution is -2.56. The fourth-order valence-electron chi connectivity index (χ4n) is 6.82. The number of ether oxygens (including phenoxy) is 2. The Bertz CT molecular complexity index is 1290. The van der Waals surface area contributed by atoms with Gasteiger partial charge in [0.25, 0.3) is 0 Å². The van der Waals surface area contributed by atoms with Gasteiger partial charge in [0.15, 0.2) is 5.78 Å². The number of benzene rings is 3. The third-order valence-electron chi connectivity index (χ3n) is 8.59. The predicted molar refractivity (Wildman–Crippen MR) is 143 cm³/mol. The van der Waals surface area contributed by atoms with Crippen LogP contribution >= 0.6 is 0 Å². The molecule has 2 atom stereocenters. The molecule has 3 aromatic rings. The number of fused-ring (bicyclic) bond motifs is 5. The van der Waals surface area contributed by atoms with Crippen molar-refractivity contribution in [3.63, 3.8) is 0 Å². The first-order valence-corrected chi connectivity index (χ1v) is 13.4. The number of aryl methyl sites for hydroxylation is 1. The van der Waals surface area contributed by atoms with Crippen molar-refractivity contribution >= 4 is 11.9 Å². The number of ketones is 1. The van der Waals surface area contributed by atoms with Crippen LogP contribution in [0, 0.1) is 12.8 Å². The number of Topliss-reactive ketones (excluding diaryl/α,β-unsaturated/α-hetero) is 1. The first kappa shape index (κ1) is 23.8. The van der Waals surface area contributed by atoms with Gasteiger partial charge < -0.3 is 14.4 Å². The van der Waals surface area contributed by atoms with Crippen LogP contribution < -0.4 is 4.74 Å². The van der Waals surface area contributed by atoms with Crippen LogP contribution in [0.3, 0.4) is 0 Å². The monoisotopic (exact) mass is 495 g/mol. The summed E-state index contributed by atoms with van der Waals surface area (Å²) in [7, 11) is 1.64. The molecule has 2 fully saturated rings. The standard InChI is InChI=1S/C32H33NO4/c1-20-16-24(36-2)14-15-25(20)31(34)21-17-22-8-7-9-23(18-21)33(22)32(35)37-19-30-28-12-5-3-10-26(28)27-11-4-6-13-29(27)30/h3-6,10-16,21-23,30H,7-9,17-19H2,1-2H3. The molecule has 2 saturated heterocycles. The number of piperidine rings is 2. The van der Waals surface area contributed by atoms with E-state index in [-0.39, 0.29) is 35.8 Å². The van der Waals surface area contributed by atoms with Crippen molar-refractivity contribution in [2.45, 2.75) is 57.0 Å². The van der Waals surface area contributed by atoms with Crippen molar-refractivity contribution < 1.29 is 19.1 Å². The van der Waals surface area contributed by atoms with Crippen LogP contribution in [0.1, 0.15) is 65.1 Å². The quantitative estimate of drug-likeness (QED) is 0.367. The third kappa shape index (κ3) is 4.20. The van der Waals surface area contributed by atoms with Gasteiger partial charge in [-0.2, -0.15) is 0 Å². The Hall–Kier alpha value is -3.60. The Morgan fingerprint density at radius 1 is 0.892 bits per heavy atom. The van der Waals surface area contributed by atoms with Gasteiger partial charge in [-0.05, 0) is 85.0 Å². The van der Waals surface area contributed by atoms with E-state index in [4.69, 9.17) is 9.47 Å². The van der Waals surface area contributed by atoms with E-state index >= 15 is 0 Å². The molecule has 2 unspecified atom stereocenters. The molecule has 1 aliphatic carbocycles. The summed E-state index contributed by atoms with van der Waals surface area (Å²) in [5.74, 6) is 0.925. The van der Waals surface area contributed by atoms with Gasteiger partial charge in [-0.1, -0.05) is 48.5 Å². The molecule has 0 saturated carbocycles. The van der Waals surface area contributed by atoms with E-state index in [9.17, 15) is 9.59 Å². The molecule has 0 N–H and O–H groups in total. The lowest BCUT2D eigenvalue weighted by molar-refractivity contribution is 0.00649. The molecule has 2 bridgehead atoms. The van der Waals surface area contributed by atoms with Crippen LogP contribution in [0.25, 0.3) is 11.1 Å². The third-order valence-corrected chi connectivity index (χ3v) is 8.59. The van der Waals surface area contributed by atoms with Crippen molar-refractivity contribution in [1.82, 2.24) is 4.90 Å². The molecule has 5 heteroatoms. The largest absolute Gasteiger partial charge is 0.497 e. The van der Waals surface area contributed by atoms with E-state index in [1.54, 1.807) is 7.11 Å². The van der Waals surface area contributed by atoms with Gasteiger partial charge in [-0.3, -0.25) is 4.79 Å². The van der Waals surface area contributed by atoms with Crippen LogP contribution in [0.2, 0.25) is 0 Å². The SMILES string of the molecule is COc1ccc(C(=O)C2CC3CCCC(C2)N3C(=O)OCC2c3ccccc3-c3ccccc32)c(C)c1. The van der Waals surface area contributed by atoms with Crippen LogP contribution in [0.5, 0.6) is 5.75 Å². The van der Waals surface area contributed by atoms with Crippen LogP contribution in [0.15, 0.2) is 66.7 Å². The second-order valence-corrected chi connectivity index (χ2v) is 10.7. The molecule has 37 heavy (non-hydrogen) atoms. The van der Waals surface area contributed by atoms with Gasteiger partial charge in [-0.25, -0.2) is 4.79 Å². The van der Waals surface area contributed by atoms with E-state index in [2.05, 4.69) is 48.5 Å². The van der Waals surface area contributed by atoms with Gasteiger partial charge >= 0.3 is 6.09 Å². The Labute approximate surface area is 218 Å². The summed E-state index contributed by atoms with van der Waals surface area (Å²) in [4.78, 5) is 28.9. The number of hydrogen-bond donors (Lipinski definition) is 0. The molecule has 5 nitrogen and oxygen atoms in total.